The lowest BCUT2D eigenvalue weighted by Crippen LogP contribution is -2.44. The topological polar surface area (TPSA) is 76.5 Å². The van der Waals surface area contributed by atoms with Crippen LogP contribution in [-0.4, -0.2) is 40.3 Å². The van der Waals surface area contributed by atoms with Gasteiger partial charge in [0.15, 0.2) is 18.2 Å². The molecule has 0 amide bonds. The maximum Gasteiger partial charge on any atom is 0.192 e. The van der Waals surface area contributed by atoms with Gasteiger partial charge in [0, 0.05) is 5.38 Å². The third-order valence-corrected chi connectivity index (χ3v) is 22.4. The molecule has 1 aromatic heterocycles. The van der Waals surface area contributed by atoms with E-state index in [1.54, 1.807) is 13.8 Å². The zero-order valence-corrected chi connectivity index (χ0v) is 24.0. The van der Waals surface area contributed by atoms with Gasteiger partial charge in [-0.05, 0) is 37.0 Å². The Hall–Kier alpha value is -0.0662. The minimum Gasteiger partial charge on any atom is -0.411 e. The molecule has 0 unspecified atom stereocenters. The summed E-state index contributed by atoms with van der Waals surface area (Å²) in [6.07, 6.45) is 0. The molecule has 0 spiro atoms. The summed E-state index contributed by atoms with van der Waals surface area (Å²) in [4.78, 5) is 4.53. The highest BCUT2D eigenvalue weighted by molar-refractivity contribution is 7.95. The monoisotopic (exact) mass is 479 g/mol. The Balaban J connectivity index is 3.41. The Morgan fingerprint density at radius 2 is 1.45 bits per heavy atom. The molecule has 170 valence electrons. The molecule has 0 saturated carbocycles. The van der Waals surface area contributed by atoms with Crippen molar-refractivity contribution in [2.75, 3.05) is 5.38 Å². The number of aliphatic hydroxyl groups is 1. The molecule has 1 aromatic rings. The number of nitrogens with zero attached hydrogens (tertiary/aromatic N) is 1. The number of thiazole rings is 1. The van der Waals surface area contributed by atoms with Crippen LogP contribution in [0.5, 0.6) is 0 Å². The Morgan fingerprint density at radius 1 is 0.966 bits per heavy atom. The SMILES string of the molecule is CC(C)(O)c1nc(CO[Si](C)(C)C(C)(C)C)c(S(=O)(=O)C[Si](C)(C)C(C)(C)C)s1. The van der Waals surface area contributed by atoms with Crippen molar-refractivity contribution < 1.29 is 18.0 Å². The fourth-order valence-corrected chi connectivity index (χ4v) is 11.7. The standard InChI is InChI=1S/C20H41NO4S2Si2/c1-18(2,3)28(9,10)14-27(23,24)16-15(21-17(26-16)20(7,8)22)13-25-29(11,12)19(4,5)6/h22H,13-14H2,1-12H3. The molecule has 0 radical (unpaired) electrons. The van der Waals surface area contributed by atoms with E-state index in [1.165, 1.54) is 0 Å². The molecule has 0 atom stereocenters. The van der Waals surface area contributed by atoms with Gasteiger partial charge in [0.05, 0.1) is 20.4 Å². The first-order chi connectivity index (χ1) is 12.5. The highest BCUT2D eigenvalue weighted by Crippen LogP contribution is 2.41. The highest BCUT2D eigenvalue weighted by Gasteiger charge is 2.42. The van der Waals surface area contributed by atoms with Gasteiger partial charge in [0.2, 0.25) is 0 Å². The Bertz CT molecular complexity index is 824. The van der Waals surface area contributed by atoms with E-state index in [9.17, 15) is 13.5 Å². The predicted molar refractivity (Wildman–Crippen MR) is 129 cm³/mol. The van der Waals surface area contributed by atoms with Crippen LogP contribution in [0.4, 0.5) is 0 Å². The number of rotatable bonds is 7. The second-order valence-corrected chi connectivity index (χ2v) is 25.9. The van der Waals surface area contributed by atoms with Gasteiger partial charge < -0.3 is 9.53 Å². The van der Waals surface area contributed by atoms with Crippen LogP contribution in [0.2, 0.25) is 36.3 Å². The van der Waals surface area contributed by atoms with Crippen molar-refractivity contribution in [3.8, 4) is 0 Å². The summed E-state index contributed by atoms with van der Waals surface area (Å²) in [6.45, 7) is 24.7. The molecule has 1 rings (SSSR count). The second kappa shape index (κ2) is 8.13. The lowest BCUT2D eigenvalue weighted by atomic mass is 10.2. The van der Waals surface area contributed by atoms with Crippen LogP contribution < -0.4 is 0 Å². The Labute approximate surface area is 184 Å². The summed E-state index contributed by atoms with van der Waals surface area (Å²) >= 11 is 1.09. The van der Waals surface area contributed by atoms with Crippen molar-refractivity contribution in [3.63, 3.8) is 0 Å². The maximum atomic E-state index is 13.5. The van der Waals surface area contributed by atoms with Crippen molar-refractivity contribution in [2.24, 2.45) is 0 Å². The molecule has 0 bridgehead atoms. The lowest BCUT2D eigenvalue weighted by molar-refractivity contribution is 0.0779. The first-order valence-corrected chi connectivity index (χ1v) is 18.7. The Morgan fingerprint density at radius 3 is 1.83 bits per heavy atom. The third-order valence-electron chi connectivity index (χ3n) is 6.42. The minimum atomic E-state index is -3.53. The molecular formula is C20H41NO4S2Si2. The summed E-state index contributed by atoms with van der Waals surface area (Å²) in [5, 5.41) is 11.0. The van der Waals surface area contributed by atoms with E-state index >= 15 is 0 Å². The van der Waals surface area contributed by atoms with Gasteiger partial charge in [0.25, 0.3) is 0 Å². The van der Waals surface area contributed by atoms with Crippen LogP contribution in [0.15, 0.2) is 4.21 Å². The van der Waals surface area contributed by atoms with Crippen LogP contribution in [0.25, 0.3) is 0 Å². The van der Waals surface area contributed by atoms with Crippen LogP contribution in [0.1, 0.15) is 66.1 Å². The van der Waals surface area contributed by atoms with E-state index in [0.717, 1.165) is 11.3 Å². The van der Waals surface area contributed by atoms with Crippen LogP contribution in [0.3, 0.4) is 0 Å². The van der Waals surface area contributed by atoms with E-state index in [4.69, 9.17) is 4.43 Å². The fourth-order valence-electron chi connectivity index (χ4n) is 2.16. The number of hydrogen-bond donors (Lipinski definition) is 1. The zero-order chi connectivity index (χ0) is 23.3. The van der Waals surface area contributed by atoms with Gasteiger partial charge in [-0.1, -0.05) is 54.6 Å². The average molecular weight is 480 g/mol. The van der Waals surface area contributed by atoms with Gasteiger partial charge in [-0.25, -0.2) is 13.4 Å². The summed E-state index contributed by atoms with van der Waals surface area (Å²) < 4.78 is 33.5. The molecule has 0 aromatic carbocycles. The quantitative estimate of drug-likeness (QED) is 0.507. The van der Waals surface area contributed by atoms with E-state index in [0.29, 0.717) is 10.7 Å². The van der Waals surface area contributed by atoms with Gasteiger partial charge in [-0.2, -0.15) is 0 Å². The number of hydrogen-bond acceptors (Lipinski definition) is 6. The van der Waals surface area contributed by atoms with Crippen molar-refractivity contribution >= 4 is 37.6 Å². The minimum absolute atomic E-state index is 0.0161. The van der Waals surface area contributed by atoms with Crippen molar-refractivity contribution in [3.05, 3.63) is 10.7 Å². The Kier molecular flexibility index (Phi) is 7.56. The van der Waals surface area contributed by atoms with E-state index in [1.807, 2.05) is 0 Å². The lowest BCUT2D eigenvalue weighted by Gasteiger charge is -2.36. The first-order valence-electron chi connectivity index (χ1n) is 10.1. The van der Waals surface area contributed by atoms with E-state index in [-0.39, 0.29) is 26.3 Å². The maximum absolute atomic E-state index is 13.5. The van der Waals surface area contributed by atoms with Crippen LogP contribution in [0, 0.1) is 0 Å². The summed E-state index contributed by atoms with van der Waals surface area (Å²) in [6, 6.07) is 0. The molecule has 1 N–H and O–H groups in total. The van der Waals surface area contributed by atoms with Gasteiger partial charge >= 0.3 is 0 Å². The van der Waals surface area contributed by atoms with E-state index in [2.05, 4.69) is 72.7 Å². The third kappa shape index (κ3) is 6.46. The average Bonchev–Trinajstić information content (AvgIpc) is 2.86. The summed E-state index contributed by atoms with van der Waals surface area (Å²) in [5.74, 6) is 0. The van der Waals surface area contributed by atoms with Crippen molar-refractivity contribution in [1.82, 2.24) is 4.98 Å². The summed E-state index contributed by atoms with van der Waals surface area (Å²) in [5.41, 5.74) is -0.753. The molecule has 29 heavy (non-hydrogen) atoms. The molecule has 0 aliphatic rings. The van der Waals surface area contributed by atoms with Crippen molar-refractivity contribution in [1.29, 1.82) is 0 Å². The second-order valence-electron chi connectivity index (χ2n) is 11.8. The molecule has 9 heteroatoms. The molecule has 0 saturated heterocycles. The zero-order valence-electron chi connectivity index (χ0n) is 20.3. The predicted octanol–water partition coefficient (Wildman–Crippen LogP) is 5.71. The van der Waals surface area contributed by atoms with E-state index < -0.39 is 31.8 Å². The van der Waals surface area contributed by atoms with Gasteiger partial charge in [0.1, 0.15) is 14.8 Å². The molecule has 5 nitrogen and oxygen atoms in total. The molecule has 0 aliphatic carbocycles. The normalized spacial score (nSPS) is 15.1. The largest absolute Gasteiger partial charge is 0.411 e. The van der Waals surface area contributed by atoms with Crippen molar-refractivity contribution in [2.45, 2.75) is 108 Å². The number of aromatic nitrogens is 1. The fraction of sp³-hybridized carbons (Fsp3) is 0.850. The van der Waals surface area contributed by atoms with Gasteiger partial charge in [-0.15, -0.1) is 11.3 Å². The van der Waals surface area contributed by atoms with Crippen LogP contribution in [-0.2, 0) is 26.5 Å². The molecule has 0 aliphatic heterocycles. The number of sulfone groups is 1. The summed E-state index contributed by atoms with van der Waals surface area (Å²) in [7, 11) is -7.68. The van der Waals surface area contributed by atoms with Gasteiger partial charge in [-0.3, -0.25) is 0 Å². The molecule has 1 heterocycles. The smallest absolute Gasteiger partial charge is 0.192 e. The first kappa shape index (κ1) is 27.0. The molecule has 0 fully saturated rings. The van der Waals surface area contributed by atoms with Crippen LogP contribution >= 0.6 is 11.3 Å². The molecular weight excluding hydrogens is 439 g/mol. The highest BCUT2D eigenvalue weighted by atomic mass is 32.2.